The van der Waals surface area contributed by atoms with Gasteiger partial charge in [0.15, 0.2) is 0 Å². The number of halogens is 4. The highest BCUT2D eigenvalue weighted by Crippen LogP contribution is 2.36. The lowest BCUT2D eigenvalue weighted by Gasteiger charge is -2.16. The van der Waals surface area contributed by atoms with E-state index in [1.165, 1.54) is 0 Å². The average Bonchev–Trinajstić information content (AvgIpc) is 2.81. The zero-order valence-corrected chi connectivity index (χ0v) is 13.1. The molecule has 0 saturated carbocycles. The predicted molar refractivity (Wildman–Crippen MR) is 78.6 cm³/mol. The summed E-state index contributed by atoms with van der Waals surface area (Å²) in [7, 11) is 0. The number of ether oxygens (including phenoxy) is 1. The number of aromatic nitrogens is 2. The first-order chi connectivity index (χ1) is 11.6. The Labute approximate surface area is 142 Å². The lowest BCUT2D eigenvalue weighted by atomic mass is 10.0. The van der Waals surface area contributed by atoms with Crippen molar-refractivity contribution in [1.82, 2.24) is 9.97 Å². The van der Waals surface area contributed by atoms with E-state index in [1.54, 1.807) is 0 Å². The van der Waals surface area contributed by atoms with Crippen molar-refractivity contribution in [2.75, 3.05) is 6.61 Å². The van der Waals surface area contributed by atoms with E-state index in [9.17, 15) is 27.8 Å². The maximum absolute atomic E-state index is 14.1. The molecule has 136 valence electrons. The van der Waals surface area contributed by atoms with Gasteiger partial charge in [-0.25, -0.2) is 9.37 Å². The van der Waals surface area contributed by atoms with Gasteiger partial charge in [0.25, 0.3) is 0 Å². The second-order valence-corrected chi connectivity index (χ2v) is 5.97. The number of alkyl halides is 3. The third-order valence-electron chi connectivity index (χ3n) is 3.94. The maximum atomic E-state index is 14.1. The summed E-state index contributed by atoms with van der Waals surface area (Å²) in [6.07, 6.45) is -9.92. The molecular formula is C14H12F4N2O4S. The molecular weight excluding hydrogens is 368 g/mol. The van der Waals surface area contributed by atoms with Crippen molar-refractivity contribution < 1.29 is 37.6 Å². The predicted octanol–water partition coefficient (Wildman–Crippen LogP) is 1.60. The van der Waals surface area contributed by atoms with Crippen molar-refractivity contribution in [2.45, 2.75) is 30.6 Å². The van der Waals surface area contributed by atoms with Gasteiger partial charge in [-0.2, -0.15) is 13.2 Å². The largest absolute Gasteiger partial charge is 0.433 e. The molecule has 3 heterocycles. The van der Waals surface area contributed by atoms with Crippen LogP contribution in [0.5, 0.6) is 0 Å². The van der Waals surface area contributed by atoms with Gasteiger partial charge in [-0.15, -0.1) is 0 Å². The van der Waals surface area contributed by atoms with Crippen LogP contribution in [0.3, 0.4) is 0 Å². The highest BCUT2D eigenvalue weighted by molar-refractivity contribution is 7.71. The first kappa shape index (κ1) is 18.1. The van der Waals surface area contributed by atoms with Crippen LogP contribution in [-0.4, -0.2) is 50.2 Å². The number of aliphatic hydroxyl groups excluding tert-OH is 3. The van der Waals surface area contributed by atoms with Gasteiger partial charge >= 0.3 is 6.18 Å². The first-order valence-corrected chi connectivity index (χ1v) is 7.47. The fraction of sp³-hybridized carbons (Fsp3) is 0.429. The van der Waals surface area contributed by atoms with E-state index in [0.717, 1.165) is 6.07 Å². The van der Waals surface area contributed by atoms with Crippen LogP contribution < -0.4 is 0 Å². The van der Waals surface area contributed by atoms with Gasteiger partial charge in [-0.05, 0) is 6.07 Å². The minimum atomic E-state index is -4.83. The van der Waals surface area contributed by atoms with Gasteiger partial charge in [-0.3, -0.25) is 0 Å². The van der Waals surface area contributed by atoms with Gasteiger partial charge in [0.05, 0.1) is 12.0 Å². The van der Waals surface area contributed by atoms with Crippen molar-refractivity contribution >= 4 is 23.3 Å². The Bertz CT molecular complexity index is 872. The zero-order chi connectivity index (χ0) is 18.5. The van der Waals surface area contributed by atoms with E-state index in [4.69, 9.17) is 22.1 Å². The highest BCUT2D eigenvalue weighted by Gasteiger charge is 2.43. The Balaban J connectivity index is 2.12. The molecule has 2 aromatic heterocycles. The summed E-state index contributed by atoms with van der Waals surface area (Å²) in [4.78, 5) is 5.71. The van der Waals surface area contributed by atoms with Crippen molar-refractivity contribution in [1.29, 1.82) is 0 Å². The number of hydrogen-bond donors (Lipinski definition) is 4. The number of rotatable bonds is 2. The van der Waals surface area contributed by atoms with Gasteiger partial charge in [0.2, 0.25) is 0 Å². The van der Waals surface area contributed by atoms with Crippen molar-refractivity contribution in [2.24, 2.45) is 0 Å². The Kier molecular flexibility index (Phi) is 4.54. The van der Waals surface area contributed by atoms with Crippen LogP contribution in [-0.2, 0) is 10.9 Å². The fourth-order valence-corrected chi connectivity index (χ4v) is 2.94. The molecule has 0 aromatic carbocycles. The summed E-state index contributed by atoms with van der Waals surface area (Å²) in [6, 6.07) is 1.36. The Morgan fingerprint density at radius 3 is 2.48 bits per heavy atom. The van der Waals surface area contributed by atoms with Gasteiger partial charge < -0.3 is 25.0 Å². The highest BCUT2D eigenvalue weighted by atomic mass is 32.1. The van der Waals surface area contributed by atoms with E-state index < -0.39 is 54.4 Å². The molecule has 3 rings (SSSR count). The third-order valence-corrected chi connectivity index (χ3v) is 4.28. The Hall–Kier alpha value is -1.66. The number of pyridine rings is 2. The molecule has 4 atom stereocenters. The number of hydrogen-bond acceptors (Lipinski definition) is 6. The molecule has 1 aliphatic heterocycles. The number of nitrogens with one attached hydrogen (secondary N) is 1. The van der Waals surface area contributed by atoms with Gasteiger partial charge in [0, 0.05) is 11.6 Å². The van der Waals surface area contributed by atoms with Crippen LogP contribution in [0.15, 0.2) is 12.1 Å². The van der Waals surface area contributed by atoms with E-state index in [-0.39, 0.29) is 21.7 Å². The first-order valence-electron chi connectivity index (χ1n) is 7.06. The molecule has 0 amide bonds. The molecule has 1 aliphatic rings. The summed E-state index contributed by atoms with van der Waals surface area (Å²) in [6.45, 7) is -0.566. The van der Waals surface area contributed by atoms with Crippen LogP contribution in [0.1, 0.15) is 17.4 Å². The normalized spacial score (nSPS) is 27.2. The van der Waals surface area contributed by atoms with E-state index in [1.807, 2.05) is 0 Å². The molecule has 11 heteroatoms. The SMILES string of the molecule is OCC1OC(c2cc3c(F)cc(C(F)(F)F)nc3[nH]c2=S)C(O)C1O. The lowest BCUT2D eigenvalue weighted by Crippen LogP contribution is -2.32. The van der Waals surface area contributed by atoms with Gasteiger partial charge in [-0.1, -0.05) is 12.2 Å². The molecule has 0 aliphatic carbocycles. The van der Waals surface area contributed by atoms with Crippen LogP contribution in [0.25, 0.3) is 11.0 Å². The van der Waals surface area contributed by atoms with Gasteiger partial charge in [0.1, 0.15) is 46.2 Å². The fourth-order valence-electron chi connectivity index (χ4n) is 2.67. The summed E-state index contributed by atoms with van der Waals surface area (Å²) in [5, 5.41) is 28.6. The molecule has 1 fully saturated rings. The Morgan fingerprint density at radius 2 is 1.92 bits per heavy atom. The number of nitrogens with zero attached hydrogens (tertiary/aromatic N) is 1. The number of H-pyrrole nitrogens is 1. The molecule has 4 N–H and O–H groups in total. The molecule has 6 nitrogen and oxygen atoms in total. The molecule has 2 aromatic rings. The minimum absolute atomic E-state index is 0.0606. The van der Waals surface area contributed by atoms with Crippen molar-refractivity contribution in [3.8, 4) is 0 Å². The van der Waals surface area contributed by atoms with E-state index in [0.29, 0.717) is 0 Å². The van der Waals surface area contributed by atoms with Crippen LogP contribution in [0.4, 0.5) is 17.6 Å². The summed E-state index contributed by atoms with van der Waals surface area (Å²) in [5.74, 6) is -1.18. The quantitative estimate of drug-likeness (QED) is 0.467. The van der Waals surface area contributed by atoms with Crippen molar-refractivity contribution in [3.63, 3.8) is 0 Å². The van der Waals surface area contributed by atoms with Crippen molar-refractivity contribution in [3.05, 3.63) is 33.8 Å². The molecule has 1 saturated heterocycles. The average molecular weight is 380 g/mol. The summed E-state index contributed by atoms with van der Waals surface area (Å²) < 4.78 is 57.5. The maximum Gasteiger partial charge on any atom is 0.433 e. The van der Waals surface area contributed by atoms with E-state index in [2.05, 4.69) is 9.97 Å². The second-order valence-electron chi connectivity index (χ2n) is 5.56. The van der Waals surface area contributed by atoms with Crippen LogP contribution in [0.2, 0.25) is 0 Å². The topological polar surface area (TPSA) is 98.6 Å². The molecule has 4 unspecified atom stereocenters. The number of fused-ring (bicyclic) bond motifs is 1. The van der Waals surface area contributed by atoms with Crippen LogP contribution in [0, 0.1) is 10.5 Å². The monoisotopic (exact) mass is 380 g/mol. The standard InChI is InChI=1S/C14H12F4N2O4S/c15-6-2-8(14(16,17)18)19-12-4(6)1-5(13(25)20-12)11-10(23)9(22)7(3-21)24-11/h1-2,7,9-11,21-23H,3H2,(H,19,20,25). The molecule has 0 radical (unpaired) electrons. The number of aliphatic hydroxyl groups is 3. The molecule has 0 bridgehead atoms. The van der Waals surface area contributed by atoms with Crippen LogP contribution >= 0.6 is 12.2 Å². The summed E-state index contributed by atoms with van der Waals surface area (Å²) >= 11 is 5.03. The zero-order valence-electron chi connectivity index (χ0n) is 12.3. The lowest BCUT2D eigenvalue weighted by molar-refractivity contribution is -0.141. The third kappa shape index (κ3) is 3.13. The smallest absolute Gasteiger partial charge is 0.394 e. The number of aromatic amines is 1. The minimum Gasteiger partial charge on any atom is -0.394 e. The second kappa shape index (κ2) is 6.25. The van der Waals surface area contributed by atoms with E-state index >= 15 is 0 Å². The molecule has 25 heavy (non-hydrogen) atoms. The Morgan fingerprint density at radius 1 is 1.24 bits per heavy atom. The summed E-state index contributed by atoms with van der Waals surface area (Å²) in [5.41, 5.74) is -1.76. The molecule has 0 spiro atoms.